The molecule has 0 radical (unpaired) electrons. The summed E-state index contributed by atoms with van der Waals surface area (Å²) in [5.74, 6) is 0.0697. The number of carbonyl (C=O) groups is 1. The molecule has 0 unspecified atom stereocenters. The Labute approximate surface area is 134 Å². The monoisotopic (exact) mass is 319 g/mol. The van der Waals surface area contributed by atoms with Gasteiger partial charge in [-0.25, -0.2) is 4.79 Å². The second-order valence-electron chi connectivity index (χ2n) is 6.83. The van der Waals surface area contributed by atoms with Gasteiger partial charge in [-0.2, -0.15) is 0 Å². The zero-order chi connectivity index (χ0) is 16.3. The zero-order valence-electron chi connectivity index (χ0n) is 13.2. The van der Waals surface area contributed by atoms with Gasteiger partial charge in [-0.3, -0.25) is 0 Å². The Bertz CT molecular complexity index is 661. The highest BCUT2D eigenvalue weighted by Crippen LogP contribution is 2.49. The van der Waals surface area contributed by atoms with Crippen LogP contribution in [0, 0.1) is 5.92 Å². The van der Waals surface area contributed by atoms with E-state index in [2.05, 4.69) is 11.9 Å². The van der Waals surface area contributed by atoms with E-state index in [1.54, 1.807) is 6.07 Å². The number of rotatable bonds is 1. The standard InChI is InChI=1S/C17H21NO5/c1-18-4-3-8-5-12(20)16-14(15(8)18)9-7-13(22-2)11(19)6-10(9)17(21)23-16/h6-8,12,14-16,19-20H,3-5H2,1-2H3/t8-,12+,14-,15+,16+/m0/s1. The number of carbonyl (C=O) groups excluding carboxylic acids is 1. The maximum Gasteiger partial charge on any atom is 0.338 e. The SMILES string of the molecule is COc1cc2c(cc1O)C(=O)O[C@H]1[C@@H]2[C@H]2[C@@H](CCN2C)C[C@H]1O. The fourth-order valence-corrected chi connectivity index (χ4v) is 4.65. The third kappa shape index (κ3) is 2.05. The Morgan fingerprint density at radius 1 is 1.39 bits per heavy atom. The Balaban J connectivity index is 1.87. The number of aliphatic hydroxyl groups is 1. The first-order valence-corrected chi connectivity index (χ1v) is 8.01. The fraction of sp³-hybridized carbons (Fsp3) is 0.588. The molecule has 0 bridgehead atoms. The number of likely N-dealkylation sites (N-methyl/N-ethyl adjacent to an activating group) is 1. The first kappa shape index (κ1) is 14.8. The van der Waals surface area contributed by atoms with Gasteiger partial charge in [-0.05, 0) is 50.0 Å². The number of aromatic hydroxyl groups is 1. The quantitative estimate of drug-likeness (QED) is 0.755. The summed E-state index contributed by atoms with van der Waals surface area (Å²) in [5, 5.41) is 20.5. The van der Waals surface area contributed by atoms with E-state index in [4.69, 9.17) is 9.47 Å². The summed E-state index contributed by atoms with van der Waals surface area (Å²) in [6.07, 6.45) is 0.518. The largest absolute Gasteiger partial charge is 0.504 e. The van der Waals surface area contributed by atoms with Crippen LogP contribution in [0.3, 0.4) is 0 Å². The number of likely N-dealkylation sites (tertiary alicyclic amines) is 1. The lowest BCUT2D eigenvalue weighted by atomic mass is 9.69. The van der Waals surface area contributed by atoms with Gasteiger partial charge in [0.25, 0.3) is 0 Å². The van der Waals surface area contributed by atoms with Crippen LogP contribution in [0.25, 0.3) is 0 Å². The van der Waals surface area contributed by atoms with Crippen LogP contribution >= 0.6 is 0 Å². The summed E-state index contributed by atoms with van der Waals surface area (Å²) in [6.45, 7) is 0.976. The van der Waals surface area contributed by atoms with Crippen molar-refractivity contribution in [3.8, 4) is 11.5 Å². The summed E-state index contributed by atoms with van der Waals surface area (Å²) in [6, 6.07) is 3.37. The van der Waals surface area contributed by atoms with Crippen molar-refractivity contribution in [3.63, 3.8) is 0 Å². The number of phenolic OH excluding ortho intramolecular Hbond substituents is 1. The van der Waals surface area contributed by atoms with Crippen molar-refractivity contribution in [1.29, 1.82) is 0 Å². The smallest absolute Gasteiger partial charge is 0.338 e. The molecule has 2 aliphatic heterocycles. The number of ether oxygens (including phenoxy) is 2. The fourth-order valence-electron chi connectivity index (χ4n) is 4.65. The molecule has 1 saturated carbocycles. The Kier molecular flexibility index (Phi) is 3.28. The molecular weight excluding hydrogens is 298 g/mol. The van der Waals surface area contributed by atoms with Gasteiger partial charge in [-0.1, -0.05) is 0 Å². The van der Waals surface area contributed by atoms with E-state index >= 15 is 0 Å². The lowest BCUT2D eigenvalue weighted by Gasteiger charge is -2.47. The molecule has 6 heteroatoms. The molecule has 1 saturated heterocycles. The maximum absolute atomic E-state index is 12.3. The van der Waals surface area contributed by atoms with Gasteiger partial charge < -0.3 is 24.6 Å². The molecule has 3 aliphatic rings. The van der Waals surface area contributed by atoms with E-state index in [1.807, 2.05) is 0 Å². The lowest BCUT2D eigenvalue weighted by Crippen LogP contribution is -2.54. The highest BCUT2D eigenvalue weighted by molar-refractivity contribution is 5.93. The number of phenols is 1. The van der Waals surface area contributed by atoms with E-state index in [9.17, 15) is 15.0 Å². The van der Waals surface area contributed by atoms with Gasteiger partial charge in [-0.15, -0.1) is 0 Å². The number of hydrogen-bond donors (Lipinski definition) is 2. The van der Waals surface area contributed by atoms with Crippen molar-refractivity contribution in [2.75, 3.05) is 20.7 Å². The molecule has 0 spiro atoms. The molecule has 1 aliphatic carbocycles. The van der Waals surface area contributed by atoms with E-state index in [0.29, 0.717) is 23.7 Å². The molecule has 0 aromatic heterocycles. The Morgan fingerprint density at radius 2 is 2.17 bits per heavy atom. The van der Waals surface area contributed by atoms with Crippen LogP contribution in [-0.4, -0.2) is 60.0 Å². The topological polar surface area (TPSA) is 79.2 Å². The predicted octanol–water partition coefficient (Wildman–Crippen LogP) is 1.11. The van der Waals surface area contributed by atoms with E-state index < -0.39 is 18.2 Å². The van der Waals surface area contributed by atoms with Gasteiger partial charge in [0, 0.05) is 12.0 Å². The average molecular weight is 319 g/mol. The molecule has 2 heterocycles. The van der Waals surface area contributed by atoms with Crippen LogP contribution < -0.4 is 4.74 Å². The second kappa shape index (κ2) is 5.11. The van der Waals surface area contributed by atoms with E-state index in [-0.39, 0.29) is 17.7 Å². The van der Waals surface area contributed by atoms with Crippen molar-refractivity contribution < 1.29 is 24.5 Å². The molecule has 124 valence electrons. The van der Waals surface area contributed by atoms with Crippen molar-refractivity contribution >= 4 is 5.97 Å². The molecule has 1 aromatic rings. The van der Waals surface area contributed by atoms with Gasteiger partial charge in [0.05, 0.1) is 18.8 Å². The summed E-state index contributed by atoms with van der Waals surface area (Å²) in [5.41, 5.74) is 1.18. The summed E-state index contributed by atoms with van der Waals surface area (Å²) in [4.78, 5) is 14.6. The van der Waals surface area contributed by atoms with Crippen molar-refractivity contribution in [2.45, 2.75) is 37.0 Å². The van der Waals surface area contributed by atoms with Crippen molar-refractivity contribution in [3.05, 3.63) is 23.3 Å². The molecule has 6 nitrogen and oxygen atoms in total. The van der Waals surface area contributed by atoms with Gasteiger partial charge in [0.1, 0.15) is 6.10 Å². The number of esters is 1. The maximum atomic E-state index is 12.3. The van der Waals surface area contributed by atoms with Gasteiger partial charge in [0.2, 0.25) is 0 Å². The minimum Gasteiger partial charge on any atom is -0.504 e. The summed E-state index contributed by atoms with van der Waals surface area (Å²) in [7, 11) is 3.56. The van der Waals surface area contributed by atoms with E-state index in [0.717, 1.165) is 18.5 Å². The van der Waals surface area contributed by atoms with Crippen molar-refractivity contribution in [1.82, 2.24) is 4.90 Å². The third-order valence-corrected chi connectivity index (χ3v) is 5.66. The first-order valence-electron chi connectivity index (χ1n) is 8.01. The highest BCUT2D eigenvalue weighted by Gasteiger charge is 2.53. The number of fused-ring (bicyclic) bond motifs is 5. The van der Waals surface area contributed by atoms with Gasteiger partial charge >= 0.3 is 5.97 Å². The molecule has 5 atom stereocenters. The number of aliphatic hydroxyl groups excluding tert-OH is 1. The molecule has 1 aromatic carbocycles. The van der Waals surface area contributed by atoms with Crippen LogP contribution in [0.4, 0.5) is 0 Å². The van der Waals surface area contributed by atoms with Crippen LogP contribution in [0.1, 0.15) is 34.7 Å². The van der Waals surface area contributed by atoms with Crippen LogP contribution in [-0.2, 0) is 4.74 Å². The number of hydrogen-bond acceptors (Lipinski definition) is 6. The molecule has 2 fully saturated rings. The number of methoxy groups -OCH3 is 1. The molecule has 0 amide bonds. The van der Waals surface area contributed by atoms with E-state index in [1.165, 1.54) is 13.2 Å². The van der Waals surface area contributed by atoms with Crippen LogP contribution in [0.5, 0.6) is 11.5 Å². The minimum absolute atomic E-state index is 0.0747. The van der Waals surface area contributed by atoms with Crippen molar-refractivity contribution in [2.24, 2.45) is 5.92 Å². The third-order valence-electron chi connectivity index (χ3n) is 5.66. The highest BCUT2D eigenvalue weighted by atomic mass is 16.6. The number of benzene rings is 1. The Hall–Kier alpha value is -1.79. The van der Waals surface area contributed by atoms with Crippen LogP contribution in [0.2, 0.25) is 0 Å². The second-order valence-corrected chi connectivity index (χ2v) is 6.83. The molecule has 2 N–H and O–H groups in total. The number of nitrogens with zero attached hydrogens (tertiary/aromatic N) is 1. The first-order chi connectivity index (χ1) is 11.0. The minimum atomic E-state index is -0.648. The Morgan fingerprint density at radius 3 is 2.91 bits per heavy atom. The zero-order valence-corrected chi connectivity index (χ0v) is 13.2. The van der Waals surface area contributed by atoms with Crippen LogP contribution in [0.15, 0.2) is 12.1 Å². The normalized spacial score (nSPS) is 36.0. The molecular formula is C17H21NO5. The van der Waals surface area contributed by atoms with Gasteiger partial charge in [0.15, 0.2) is 11.5 Å². The molecule has 4 rings (SSSR count). The average Bonchev–Trinajstić information content (AvgIpc) is 2.88. The molecule has 23 heavy (non-hydrogen) atoms. The summed E-state index contributed by atoms with van der Waals surface area (Å²) >= 11 is 0. The lowest BCUT2D eigenvalue weighted by molar-refractivity contribution is -0.0779. The predicted molar refractivity (Wildman–Crippen MR) is 81.8 cm³/mol. The summed E-state index contributed by atoms with van der Waals surface area (Å²) < 4.78 is 10.8.